The van der Waals surface area contributed by atoms with Crippen molar-refractivity contribution >= 4 is 17.7 Å². The summed E-state index contributed by atoms with van der Waals surface area (Å²) < 4.78 is 10.3. The Kier molecular flexibility index (Phi) is 11.3. The highest BCUT2D eigenvalue weighted by Crippen LogP contribution is 2.42. The van der Waals surface area contributed by atoms with Gasteiger partial charge in [-0.3, -0.25) is 4.79 Å². The summed E-state index contributed by atoms with van der Waals surface area (Å²) in [4.78, 5) is 35.9. The van der Waals surface area contributed by atoms with Gasteiger partial charge in [-0.2, -0.15) is 0 Å². The zero-order valence-corrected chi connectivity index (χ0v) is 24.6. The Morgan fingerprint density at radius 2 is 1.31 bits per heavy atom. The zero-order valence-electron chi connectivity index (χ0n) is 24.6. The van der Waals surface area contributed by atoms with Gasteiger partial charge >= 0.3 is 11.9 Å². The Bertz CT molecular complexity index is 970. The summed E-state index contributed by atoms with van der Waals surface area (Å²) in [6.07, 6.45) is -0.556. The second kappa shape index (κ2) is 13.4. The number of rotatable bonds is 10. The normalized spacial score (nSPS) is 25.2. The van der Waals surface area contributed by atoms with Crippen LogP contribution in [0.3, 0.4) is 0 Å². The van der Waals surface area contributed by atoms with Crippen LogP contribution in [0.1, 0.15) is 78.6 Å². The third-order valence-electron chi connectivity index (χ3n) is 6.89. The van der Waals surface area contributed by atoms with Crippen molar-refractivity contribution in [3.8, 4) is 0 Å². The molecule has 1 aromatic rings. The van der Waals surface area contributed by atoms with E-state index in [0.717, 1.165) is 12.8 Å². The smallest absolute Gasteiger partial charge is 0.337 e. The number of aliphatic hydroxyl groups excluding tert-OH is 2. The van der Waals surface area contributed by atoms with Crippen LogP contribution in [-0.2, 0) is 19.1 Å². The van der Waals surface area contributed by atoms with Crippen molar-refractivity contribution in [2.75, 3.05) is 6.54 Å². The van der Waals surface area contributed by atoms with Crippen molar-refractivity contribution in [2.24, 2.45) is 29.4 Å². The first kappa shape index (κ1) is 32.9. The number of nitrogens with one attached hydrogen (secondary N) is 1. The summed E-state index contributed by atoms with van der Waals surface area (Å²) in [5.41, 5.74) is 5.16. The van der Waals surface area contributed by atoms with E-state index in [0.29, 0.717) is 17.4 Å². The number of benzene rings is 1. The molecule has 1 aromatic carbocycles. The molecule has 0 radical (unpaired) electrons. The molecule has 39 heavy (non-hydrogen) atoms. The number of nitrogens with two attached hydrogens (primary N) is 1. The fourth-order valence-corrected chi connectivity index (χ4v) is 4.43. The SMILES string of the molecule is C[C@H]1C[C@@H]1[C@H](N)[C@@H](O)C(=O)OC(C)(C)C.C[C@H]1C[C@@H]1[C@H](NCC(=O)c1ccccc1)[C@@H](O)C(=O)OC(C)(C)C. The molecule has 0 spiro atoms. The van der Waals surface area contributed by atoms with E-state index in [4.69, 9.17) is 15.2 Å². The molecule has 2 aliphatic rings. The summed E-state index contributed by atoms with van der Waals surface area (Å²) in [7, 11) is 0. The maximum atomic E-state index is 12.2. The molecule has 0 saturated heterocycles. The van der Waals surface area contributed by atoms with Crippen molar-refractivity contribution < 1.29 is 34.1 Å². The number of esters is 2. The zero-order chi connectivity index (χ0) is 29.7. The molecule has 0 aromatic heterocycles. The molecule has 9 nitrogen and oxygen atoms in total. The Balaban J connectivity index is 0.000000306. The third kappa shape index (κ3) is 11.0. The molecule has 2 aliphatic carbocycles. The van der Waals surface area contributed by atoms with E-state index in [9.17, 15) is 24.6 Å². The van der Waals surface area contributed by atoms with Crippen molar-refractivity contribution in [1.29, 1.82) is 0 Å². The van der Waals surface area contributed by atoms with E-state index in [1.165, 1.54) is 0 Å². The molecule has 8 atom stereocenters. The van der Waals surface area contributed by atoms with Gasteiger partial charge in [-0.25, -0.2) is 9.59 Å². The van der Waals surface area contributed by atoms with E-state index >= 15 is 0 Å². The van der Waals surface area contributed by atoms with E-state index in [1.54, 1.807) is 53.7 Å². The lowest BCUT2D eigenvalue weighted by molar-refractivity contribution is -0.167. The third-order valence-corrected chi connectivity index (χ3v) is 6.89. The number of Topliss-reactive ketones (excluding diaryl/α,β-unsaturated/α-hetero) is 1. The number of ether oxygens (including phenoxy) is 2. The van der Waals surface area contributed by atoms with Crippen LogP contribution in [0.15, 0.2) is 30.3 Å². The second-order valence-corrected chi connectivity index (χ2v) is 13.0. The number of hydrogen-bond acceptors (Lipinski definition) is 9. The van der Waals surface area contributed by atoms with Gasteiger partial charge in [0.15, 0.2) is 18.0 Å². The Morgan fingerprint density at radius 3 is 1.72 bits per heavy atom. The van der Waals surface area contributed by atoms with Gasteiger partial charge in [0.25, 0.3) is 0 Å². The average Bonchev–Trinajstić information content (AvgIpc) is 3.74. The molecule has 0 unspecified atom stereocenters. The predicted octanol–water partition coefficient (Wildman–Crippen LogP) is 2.86. The van der Waals surface area contributed by atoms with Gasteiger partial charge in [-0.15, -0.1) is 0 Å². The van der Waals surface area contributed by atoms with Crippen LogP contribution in [0.4, 0.5) is 0 Å². The van der Waals surface area contributed by atoms with Crippen LogP contribution in [0, 0.1) is 23.7 Å². The van der Waals surface area contributed by atoms with Crippen molar-refractivity contribution in [3.05, 3.63) is 35.9 Å². The molecule has 9 heteroatoms. The first-order valence-corrected chi connectivity index (χ1v) is 13.8. The van der Waals surface area contributed by atoms with Gasteiger partial charge < -0.3 is 30.7 Å². The molecule has 2 fully saturated rings. The lowest BCUT2D eigenvalue weighted by atomic mass is 10.0. The molecular formula is C30H48N2O7. The first-order valence-electron chi connectivity index (χ1n) is 13.8. The molecule has 0 heterocycles. The fourth-order valence-electron chi connectivity index (χ4n) is 4.43. The highest BCUT2D eigenvalue weighted by molar-refractivity contribution is 5.97. The van der Waals surface area contributed by atoms with Crippen LogP contribution >= 0.6 is 0 Å². The Morgan fingerprint density at radius 1 is 0.872 bits per heavy atom. The van der Waals surface area contributed by atoms with Gasteiger partial charge in [0.05, 0.1) is 6.54 Å². The monoisotopic (exact) mass is 548 g/mol. The summed E-state index contributed by atoms with van der Waals surface area (Å²) in [5, 5.41) is 23.2. The fraction of sp³-hybridized carbons (Fsp3) is 0.700. The largest absolute Gasteiger partial charge is 0.458 e. The van der Waals surface area contributed by atoms with Crippen molar-refractivity contribution in [3.63, 3.8) is 0 Å². The molecule has 0 aliphatic heterocycles. The minimum Gasteiger partial charge on any atom is -0.458 e. The standard InChI is InChI=1S/C19H27NO4.C11H21NO3/c1-12-10-14(12)16(17(22)18(23)24-19(2,3)4)20-11-15(21)13-8-6-5-7-9-13;1-6-5-7(6)8(12)9(13)10(14)15-11(2,3)4/h5-9,12,14,16-17,20,22H,10-11H2,1-4H3;6-9,13H,5,12H2,1-4H3/t12-,14-,16-,17+;6-,7-,8-,9+/m00/s1. The van der Waals surface area contributed by atoms with Gasteiger partial charge in [0.2, 0.25) is 0 Å². The topological polar surface area (TPSA) is 148 Å². The maximum absolute atomic E-state index is 12.2. The van der Waals surface area contributed by atoms with E-state index in [-0.39, 0.29) is 24.2 Å². The first-order chi connectivity index (χ1) is 17.9. The minimum absolute atomic E-state index is 0.0645. The van der Waals surface area contributed by atoms with Crippen LogP contribution in [0.2, 0.25) is 0 Å². The van der Waals surface area contributed by atoms with Gasteiger partial charge in [0.1, 0.15) is 11.2 Å². The van der Waals surface area contributed by atoms with Gasteiger partial charge in [-0.05, 0) is 78.1 Å². The summed E-state index contributed by atoms with van der Waals surface area (Å²) in [5.74, 6) is 0.0396. The molecule has 5 N–H and O–H groups in total. The van der Waals surface area contributed by atoms with Crippen LogP contribution in [-0.4, -0.2) is 70.0 Å². The molecule has 2 saturated carbocycles. The summed E-state index contributed by atoms with van der Waals surface area (Å²) in [6.45, 7) is 14.8. The molecule has 0 amide bonds. The quantitative estimate of drug-likeness (QED) is 0.256. The number of carbonyl (C=O) groups excluding carboxylic acids is 3. The van der Waals surface area contributed by atoms with Crippen LogP contribution in [0.25, 0.3) is 0 Å². The highest BCUT2D eigenvalue weighted by atomic mass is 16.6. The number of hydrogen-bond donors (Lipinski definition) is 4. The van der Waals surface area contributed by atoms with Crippen molar-refractivity contribution in [2.45, 2.75) is 104 Å². The van der Waals surface area contributed by atoms with Gasteiger partial charge in [-0.1, -0.05) is 44.2 Å². The van der Waals surface area contributed by atoms with E-state index in [1.807, 2.05) is 18.2 Å². The summed E-state index contributed by atoms with van der Waals surface area (Å²) in [6, 6.07) is 8.02. The molecular weight excluding hydrogens is 500 g/mol. The van der Waals surface area contributed by atoms with E-state index in [2.05, 4.69) is 19.2 Å². The van der Waals surface area contributed by atoms with E-state index < -0.39 is 47.4 Å². The lowest BCUT2D eigenvalue weighted by Crippen LogP contribution is -2.49. The summed E-state index contributed by atoms with van der Waals surface area (Å²) >= 11 is 0. The second-order valence-electron chi connectivity index (χ2n) is 13.0. The van der Waals surface area contributed by atoms with Gasteiger partial charge in [0, 0.05) is 17.6 Å². The number of aliphatic hydroxyl groups is 2. The maximum Gasteiger partial charge on any atom is 0.337 e. The number of carbonyl (C=O) groups is 3. The molecule has 0 bridgehead atoms. The van der Waals surface area contributed by atoms with Crippen molar-refractivity contribution in [1.82, 2.24) is 5.32 Å². The molecule has 3 rings (SSSR count). The van der Waals surface area contributed by atoms with Crippen LogP contribution < -0.4 is 11.1 Å². The lowest BCUT2D eigenvalue weighted by Gasteiger charge is -2.27. The number of ketones is 1. The van der Waals surface area contributed by atoms with Crippen LogP contribution in [0.5, 0.6) is 0 Å². The Labute approximate surface area is 232 Å². The predicted molar refractivity (Wildman–Crippen MR) is 149 cm³/mol. The Hall–Kier alpha value is -2.33. The minimum atomic E-state index is -1.28. The molecule has 220 valence electrons. The highest BCUT2D eigenvalue weighted by Gasteiger charge is 2.46. The average molecular weight is 549 g/mol.